The van der Waals surface area contributed by atoms with Crippen LogP contribution in [-0.4, -0.2) is 11.8 Å². The highest BCUT2D eigenvalue weighted by Crippen LogP contribution is 2.28. The Morgan fingerprint density at radius 1 is 0.610 bits per heavy atom. The Labute approximate surface area is 240 Å². The number of rotatable bonds is 8. The van der Waals surface area contributed by atoms with E-state index in [-0.39, 0.29) is 17.7 Å². The van der Waals surface area contributed by atoms with Crippen LogP contribution in [0, 0.1) is 17.2 Å². The first-order valence-corrected chi connectivity index (χ1v) is 13.6. The lowest BCUT2D eigenvalue weighted by Crippen LogP contribution is -2.16. The van der Waals surface area contributed by atoms with Crippen molar-refractivity contribution < 1.29 is 14.3 Å². The molecule has 0 N–H and O–H groups in total. The van der Waals surface area contributed by atoms with Crippen molar-refractivity contribution >= 4 is 11.8 Å². The third-order valence-corrected chi connectivity index (χ3v) is 7.28. The fraction of sp³-hybridized carbons (Fsp3) is 0.108. The molecule has 0 radical (unpaired) electrons. The molecule has 0 heterocycles. The number of hydrogen-bond donors (Lipinski definition) is 0. The number of carbonyl (C=O) groups is 2. The normalized spacial score (nSPS) is 11.3. The van der Waals surface area contributed by atoms with E-state index in [2.05, 4.69) is 54.6 Å². The molecule has 0 fully saturated rings. The average molecular weight is 536 g/mol. The standard InChI is InChI=1S/C37H29NO3/c1-3-25(2)37(40)41-35-22-20-34(21-23-35)36(39)33-18-16-32(17-19-33)31-14-12-30(13-15-31)29-10-8-28(9-11-29)27-6-4-26(24-38)5-7-27/h4-23,25H,3H2,1-2H3. The van der Waals surface area contributed by atoms with E-state index in [0.29, 0.717) is 28.9 Å². The summed E-state index contributed by atoms with van der Waals surface area (Å²) < 4.78 is 5.38. The molecular weight excluding hydrogens is 506 g/mol. The molecule has 5 aromatic rings. The van der Waals surface area contributed by atoms with Gasteiger partial charge in [-0.05, 0) is 76.2 Å². The molecule has 0 aliphatic rings. The molecule has 0 aliphatic carbocycles. The number of ketones is 1. The third-order valence-electron chi connectivity index (χ3n) is 7.28. The number of carbonyl (C=O) groups excluding carboxylic acids is 2. The molecule has 1 atom stereocenters. The smallest absolute Gasteiger partial charge is 0.314 e. The molecular formula is C37H29NO3. The van der Waals surface area contributed by atoms with Crippen molar-refractivity contribution in [3.05, 3.63) is 138 Å². The first kappa shape index (κ1) is 27.3. The summed E-state index contributed by atoms with van der Waals surface area (Å²) in [5, 5.41) is 9.00. The highest BCUT2D eigenvalue weighted by molar-refractivity contribution is 6.09. The van der Waals surface area contributed by atoms with Crippen LogP contribution < -0.4 is 4.74 Å². The Morgan fingerprint density at radius 3 is 1.32 bits per heavy atom. The molecule has 41 heavy (non-hydrogen) atoms. The zero-order valence-electron chi connectivity index (χ0n) is 23.0. The summed E-state index contributed by atoms with van der Waals surface area (Å²) in [6.45, 7) is 3.77. The predicted molar refractivity (Wildman–Crippen MR) is 162 cm³/mol. The SMILES string of the molecule is CCC(C)C(=O)Oc1ccc(C(=O)c2ccc(-c3ccc(-c4ccc(-c5ccc(C#N)cc5)cc4)cc3)cc2)cc1. The van der Waals surface area contributed by atoms with E-state index in [4.69, 9.17) is 10.00 Å². The second-order valence-electron chi connectivity index (χ2n) is 10.0. The van der Waals surface area contributed by atoms with Gasteiger partial charge in [0.05, 0.1) is 17.6 Å². The molecule has 4 nitrogen and oxygen atoms in total. The second-order valence-corrected chi connectivity index (χ2v) is 10.0. The summed E-state index contributed by atoms with van der Waals surface area (Å²) in [7, 11) is 0. The van der Waals surface area contributed by atoms with Gasteiger partial charge in [-0.1, -0.05) is 98.8 Å². The number of esters is 1. The van der Waals surface area contributed by atoms with Crippen molar-refractivity contribution in [1.82, 2.24) is 0 Å². The molecule has 0 aromatic heterocycles. The van der Waals surface area contributed by atoms with Gasteiger partial charge < -0.3 is 4.74 Å². The van der Waals surface area contributed by atoms with Gasteiger partial charge in [-0.15, -0.1) is 0 Å². The Kier molecular flexibility index (Phi) is 8.18. The van der Waals surface area contributed by atoms with Crippen LogP contribution in [0.3, 0.4) is 0 Å². The van der Waals surface area contributed by atoms with Crippen molar-refractivity contribution in [3.63, 3.8) is 0 Å². The fourth-order valence-corrected chi connectivity index (χ4v) is 4.49. The van der Waals surface area contributed by atoms with Crippen LogP contribution in [0.2, 0.25) is 0 Å². The summed E-state index contributed by atoms with van der Waals surface area (Å²) in [4.78, 5) is 25.0. The second kappa shape index (κ2) is 12.3. The number of ether oxygens (including phenoxy) is 1. The molecule has 0 spiro atoms. The Balaban J connectivity index is 1.24. The van der Waals surface area contributed by atoms with Gasteiger partial charge in [0, 0.05) is 11.1 Å². The highest BCUT2D eigenvalue weighted by atomic mass is 16.5. The Hall–Kier alpha value is -5.27. The van der Waals surface area contributed by atoms with Crippen LogP contribution >= 0.6 is 0 Å². The van der Waals surface area contributed by atoms with Crippen LogP contribution in [-0.2, 0) is 4.79 Å². The minimum Gasteiger partial charge on any atom is -0.426 e. The summed E-state index contributed by atoms with van der Waals surface area (Å²) in [5.41, 5.74) is 8.29. The third kappa shape index (κ3) is 6.32. The Bertz CT molecular complexity index is 1690. The molecule has 4 heteroatoms. The van der Waals surface area contributed by atoms with E-state index in [0.717, 1.165) is 33.4 Å². The van der Waals surface area contributed by atoms with Crippen molar-refractivity contribution in [2.75, 3.05) is 0 Å². The minimum atomic E-state index is -0.271. The van der Waals surface area contributed by atoms with E-state index < -0.39 is 0 Å². The lowest BCUT2D eigenvalue weighted by Gasteiger charge is -2.09. The minimum absolute atomic E-state index is 0.0869. The van der Waals surface area contributed by atoms with Crippen LogP contribution in [0.5, 0.6) is 5.75 Å². The highest BCUT2D eigenvalue weighted by Gasteiger charge is 2.14. The Morgan fingerprint density at radius 2 is 0.951 bits per heavy atom. The largest absolute Gasteiger partial charge is 0.426 e. The van der Waals surface area contributed by atoms with Gasteiger partial charge in [-0.25, -0.2) is 0 Å². The molecule has 0 bridgehead atoms. The summed E-state index contributed by atoms with van der Waals surface area (Å²) >= 11 is 0. The summed E-state index contributed by atoms with van der Waals surface area (Å²) in [5.74, 6) is -0.0875. The molecule has 0 aliphatic heterocycles. The number of benzene rings is 5. The molecule has 1 unspecified atom stereocenters. The van der Waals surface area contributed by atoms with Crippen molar-refractivity contribution in [2.24, 2.45) is 5.92 Å². The fourth-order valence-electron chi connectivity index (χ4n) is 4.49. The van der Waals surface area contributed by atoms with Gasteiger partial charge in [0.1, 0.15) is 5.75 Å². The monoisotopic (exact) mass is 535 g/mol. The molecule has 200 valence electrons. The molecule has 0 saturated heterocycles. The summed E-state index contributed by atoms with van der Waals surface area (Å²) in [6, 6.07) is 40.8. The quantitative estimate of drug-likeness (QED) is 0.113. The maximum Gasteiger partial charge on any atom is 0.314 e. The van der Waals surface area contributed by atoms with Crippen LogP contribution in [0.4, 0.5) is 0 Å². The van der Waals surface area contributed by atoms with Gasteiger partial charge in [-0.3, -0.25) is 9.59 Å². The molecule has 5 rings (SSSR count). The maximum absolute atomic E-state index is 13.0. The van der Waals surface area contributed by atoms with Gasteiger partial charge in [0.25, 0.3) is 0 Å². The van der Waals surface area contributed by atoms with E-state index in [1.54, 1.807) is 24.3 Å². The van der Waals surface area contributed by atoms with E-state index in [1.807, 2.05) is 62.4 Å². The first-order chi connectivity index (χ1) is 19.9. The lowest BCUT2D eigenvalue weighted by atomic mass is 9.96. The number of nitrogens with zero attached hydrogens (tertiary/aromatic N) is 1. The van der Waals surface area contributed by atoms with Gasteiger partial charge >= 0.3 is 5.97 Å². The van der Waals surface area contributed by atoms with E-state index in [1.165, 1.54) is 0 Å². The van der Waals surface area contributed by atoms with Gasteiger partial charge in [0.2, 0.25) is 0 Å². The lowest BCUT2D eigenvalue weighted by molar-refractivity contribution is -0.138. The molecule has 0 amide bonds. The van der Waals surface area contributed by atoms with Crippen molar-refractivity contribution in [1.29, 1.82) is 5.26 Å². The van der Waals surface area contributed by atoms with Gasteiger partial charge in [-0.2, -0.15) is 5.26 Å². The van der Waals surface area contributed by atoms with Crippen LogP contribution in [0.15, 0.2) is 121 Å². The van der Waals surface area contributed by atoms with Crippen molar-refractivity contribution in [2.45, 2.75) is 20.3 Å². The van der Waals surface area contributed by atoms with Gasteiger partial charge in [0.15, 0.2) is 5.78 Å². The van der Waals surface area contributed by atoms with Crippen LogP contribution in [0.25, 0.3) is 33.4 Å². The molecule has 0 saturated carbocycles. The number of hydrogen-bond acceptors (Lipinski definition) is 4. The van der Waals surface area contributed by atoms with Crippen LogP contribution in [0.1, 0.15) is 41.8 Å². The molecule has 5 aromatic carbocycles. The number of nitriles is 1. The average Bonchev–Trinajstić information content (AvgIpc) is 3.04. The summed E-state index contributed by atoms with van der Waals surface area (Å²) in [6.07, 6.45) is 0.714. The van der Waals surface area contributed by atoms with E-state index in [9.17, 15) is 9.59 Å². The maximum atomic E-state index is 13.0. The predicted octanol–water partition coefficient (Wildman–Crippen LogP) is 8.74. The zero-order valence-corrected chi connectivity index (χ0v) is 23.0. The van der Waals surface area contributed by atoms with E-state index >= 15 is 0 Å². The zero-order chi connectivity index (χ0) is 28.8. The first-order valence-electron chi connectivity index (χ1n) is 13.6. The van der Waals surface area contributed by atoms with Crippen molar-refractivity contribution in [3.8, 4) is 45.2 Å². The topological polar surface area (TPSA) is 67.2 Å².